The fraction of sp³-hybridized carbons (Fsp3) is 0.400. The van der Waals surface area contributed by atoms with E-state index in [2.05, 4.69) is 37.1 Å². The molecule has 1 aromatic heterocycles. The van der Waals surface area contributed by atoms with Crippen molar-refractivity contribution in [2.24, 2.45) is 12.8 Å². The lowest BCUT2D eigenvalue weighted by atomic mass is 9.85. The van der Waals surface area contributed by atoms with E-state index in [1.807, 2.05) is 30.8 Å². The molecular formula is C15H21N3. The summed E-state index contributed by atoms with van der Waals surface area (Å²) in [6.45, 7) is 6.19. The summed E-state index contributed by atoms with van der Waals surface area (Å²) >= 11 is 0. The fourth-order valence-electron chi connectivity index (χ4n) is 2.51. The van der Waals surface area contributed by atoms with Gasteiger partial charge in [0.2, 0.25) is 0 Å². The number of nitrogens with zero attached hydrogens (tertiary/aromatic N) is 2. The van der Waals surface area contributed by atoms with Crippen LogP contribution < -0.4 is 5.73 Å². The van der Waals surface area contributed by atoms with Crippen LogP contribution in [0.4, 0.5) is 0 Å². The molecule has 0 amide bonds. The minimum absolute atomic E-state index is 0.369. The molecule has 0 fully saturated rings. The predicted octanol–water partition coefficient (Wildman–Crippen LogP) is 2.45. The molecule has 0 bridgehead atoms. The molecule has 0 aliphatic carbocycles. The SMILES string of the molecule is Cc1cc(CC(C)(N)c2ccccc2C)n(C)n1. The largest absolute Gasteiger partial charge is 0.321 e. The number of rotatable bonds is 3. The summed E-state index contributed by atoms with van der Waals surface area (Å²) in [5.74, 6) is 0. The molecule has 0 spiro atoms. The quantitative estimate of drug-likeness (QED) is 0.900. The van der Waals surface area contributed by atoms with E-state index >= 15 is 0 Å². The molecule has 96 valence electrons. The molecule has 3 heteroatoms. The Hall–Kier alpha value is -1.61. The Balaban J connectivity index is 2.32. The van der Waals surface area contributed by atoms with Crippen LogP contribution in [-0.2, 0) is 19.0 Å². The maximum atomic E-state index is 6.51. The topological polar surface area (TPSA) is 43.8 Å². The van der Waals surface area contributed by atoms with Crippen molar-refractivity contribution in [3.05, 3.63) is 52.8 Å². The van der Waals surface area contributed by atoms with Gasteiger partial charge in [0.05, 0.1) is 5.69 Å². The smallest absolute Gasteiger partial charge is 0.0596 e. The van der Waals surface area contributed by atoms with Gasteiger partial charge in [-0.2, -0.15) is 5.10 Å². The monoisotopic (exact) mass is 243 g/mol. The molecule has 0 radical (unpaired) electrons. The van der Waals surface area contributed by atoms with Crippen LogP contribution in [0.1, 0.15) is 29.4 Å². The average molecular weight is 243 g/mol. The first kappa shape index (κ1) is 12.8. The Bertz CT molecular complexity index is 553. The summed E-state index contributed by atoms with van der Waals surface area (Å²) in [5.41, 5.74) is 10.8. The molecule has 0 aliphatic rings. The standard InChI is InChI=1S/C15H21N3/c1-11-7-5-6-8-14(11)15(3,16)10-13-9-12(2)17-18(13)4/h5-9H,10,16H2,1-4H3. The zero-order chi connectivity index (χ0) is 13.3. The minimum Gasteiger partial charge on any atom is -0.321 e. The lowest BCUT2D eigenvalue weighted by molar-refractivity contribution is 0.469. The van der Waals surface area contributed by atoms with Crippen molar-refractivity contribution < 1.29 is 0 Å². The highest BCUT2D eigenvalue weighted by Crippen LogP contribution is 2.25. The van der Waals surface area contributed by atoms with Gasteiger partial charge in [-0.05, 0) is 38.0 Å². The summed E-state index contributed by atoms with van der Waals surface area (Å²) in [5, 5.41) is 4.37. The second kappa shape index (κ2) is 4.58. The molecule has 1 aromatic carbocycles. The number of aromatic nitrogens is 2. The summed E-state index contributed by atoms with van der Waals surface area (Å²) in [7, 11) is 1.97. The van der Waals surface area contributed by atoms with E-state index in [1.54, 1.807) is 0 Å². The van der Waals surface area contributed by atoms with E-state index in [9.17, 15) is 0 Å². The predicted molar refractivity (Wildman–Crippen MR) is 74.4 cm³/mol. The first-order valence-electron chi connectivity index (χ1n) is 6.24. The first-order chi connectivity index (χ1) is 8.40. The molecule has 2 aromatic rings. The highest BCUT2D eigenvalue weighted by atomic mass is 15.3. The highest BCUT2D eigenvalue weighted by molar-refractivity contribution is 5.33. The van der Waals surface area contributed by atoms with Crippen LogP contribution in [0, 0.1) is 13.8 Å². The van der Waals surface area contributed by atoms with Crippen LogP contribution in [0.25, 0.3) is 0 Å². The van der Waals surface area contributed by atoms with E-state index in [-0.39, 0.29) is 5.54 Å². The zero-order valence-electron chi connectivity index (χ0n) is 11.6. The van der Waals surface area contributed by atoms with Crippen molar-refractivity contribution >= 4 is 0 Å². The van der Waals surface area contributed by atoms with Gasteiger partial charge in [0.25, 0.3) is 0 Å². The third-order valence-corrected chi connectivity index (χ3v) is 3.41. The maximum Gasteiger partial charge on any atom is 0.0596 e. The zero-order valence-corrected chi connectivity index (χ0v) is 11.6. The van der Waals surface area contributed by atoms with Gasteiger partial charge in [-0.25, -0.2) is 0 Å². The van der Waals surface area contributed by atoms with Gasteiger partial charge in [-0.1, -0.05) is 24.3 Å². The van der Waals surface area contributed by atoms with Crippen LogP contribution in [-0.4, -0.2) is 9.78 Å². The second-order valence-electron chi connectivity index (χ2n) is 5.31. The van der Waals surface area contributed by atoms with Crippen LogP contribution in [0.15, 0.2) is 30.3 Å². The molecule has 0 saturated heterocycles. The van der Waals surface area contributed by atoms with E-state index in [4.69, 9.17) is 5.73 Å². The average Bonchev–Trinajstić information content (AvgIpc) is 2.57. The van der Waals surface area contributed by atoms with Crippen LogP contribution >= 0.6 is 0 Å². The van der Waals surface area contributed by atoms with Crippen molar-refractivity contribution in [3.8, 4) is 0 Å². The Morgan fingerprint density at radius 2 is 1.94 bits per heavy atom. The Labute approximate surface area is 109 Å². The molecule has 0 aliphatic heterocycles. The first-order valence-corrected chi connectivity index (χ1v) is 6.24. The third kappa shape index (κ3) is 2.46. The van der Waals surface area contributed by atoms with E-state index in [1.165, 1.54) is 16.8 Å². The van der Waals surface area contributed by atoms with Crippen LogP contribution in [0.2, 0.25) is 0 Å². The lowest BCUT2D eigenvalue weighted by Crippen LogP contribution is -2.36. The normalized spacial score (nSPS) is 14.5. The van der Waals surface area contributed by atoms with Crippen LogP contribution in [0.5, 0.6) is 0 Å². The molecule has 2 N–H and O–H groups in total. The van der Waals surface area contributed by atoms with Crippen molar-refractivity contribution in [1.29, 1.82) is 0 Å². The summed E-state index contributed by atoms with van der Waals surface area (Å²) in [6, 6.07) is 10.4. The summed E-state index contributed by atoms with van der Waals surface area (Å²) in [4.78, 5) is 0. The van der Waals surface area contributed by atoms with Crippen molar-refractivity contribution in [3.63, 3.8) is 0 Å². The van der Waals surface area contributed by atoms with Gasteiger partial charge in [-0.3, -0.25) is 4.68 Å². The van der Waals surface area contributed by atoms with Crippen molar-refractivity contribution in [2.75, 3.05) is 0 Å². The molecule has 0 saturated carbocycles. The third-order valence-electron chi connectivity index (χ3n) is 3.41. The molecule has 3 nitrogen and oxygen atoms in total. The van der Waals surface area contributed by atoms with E-state index in [0.29, 0.717) is 0 Å². The molecule has 2 rings (SSSR count). The number of nitrogens with two attached hydrogens (primary N) is 1. The number of aryl methyl sites for hydroxylation is 3. The van der Waals surface area contributed by atoms with E-state index < -0.39 is 0 Å². The van der Waals surface area contributed by atoms with Crippen LogP contribution in [0.3, 0.4) is 0 Å². The van der Waals surface area contributed by atoms with Crippen molar-refractivity contribution in [2.45, 2.75) is 32.7 Å². The van der Waals surface area contributed by atoms with Gasteiger partial charge >= 0.3 is 0 Å². The fourth-order valence-corrected chi connectivity index (χ4v) is 2.51. The van der Waals surface area contributed by atoms with Gasteiger partial charge in [0.1, 0.15) is 0 Å². The number of benzene rings is 1. The van der Waals surface area contributed by atoms with Crippen molar-refractivity contribution in [1.82, 2.24) is 9.78 Å². The Morgan fingerprint density at radius 1 is 1.28 bits per heavy atom. The Kier molecular flexibility index (Phi) is 3.26. The Morgan fingerprint density at radius 3 is 2.50 bits per heavy atom. The second-order valence-corrected chi connectivity index (χ2v) is 5.31. The minimum atomic E-state index is -0.369. The highest BCUT2D eigenvalue weighted by Gasteiger charge is 2.24. The number of hydrogen-bond acceptors (Lipinski definition) is 2. The maximum absolute atomic E-state index is 6.51. The molecule has 1 heterocycles. The molecule has 1 atom stereocenters. The summed E-state index contributed by atoms with van der Waals surface area (Å²) in [6.07, 6.45) is 0.787. The lowest BCUT2D eigenvalue weighted by Gasteiger charge is -2.27. The summed E-state index contributed by atoms with van der Waals surface area (Å²) < 4.78 is 1.92. The van der Waals surface area contributed by atoms with Gasteiger partial charge in [0, 0.05) is 24.7 Å². The number of hydrogen-bond donors (Lipinski definition) is 1. The molecular weight excluding hydrogens is 222 g/mol. The van der Waals surface area contributed by atoms with Gasteiger partial charge in [0.15, 0.2) is 0 Å². The van der Waals surface area contributed by atoms with Gasteiger partial charge < -0.3 is 5.73 Å². The molecule has 18 heavy (non-hydrogen) atoms. The molecule has 1 unspecified atom stereocenters. The van der Waals surface area contributed by atoms with E-state index in [0.717, 1.165) is 12.1 Å². The van der Waals surface area contributed by atoms with Gasteiger partial charge in [-0.15, -0.1) is 0 Å².